The second kappa shape index (κ2) is 6.14. The minimum absolute atomic E-state index is 0.0604. The van der Waals surface area contributed by atoms with Gasteiger partial charge in [-0.2, -0.15) is 14.3 Å². The molecule has 0 aliphatic heterocycles. The number of aryl methyl sites for hydroxylation is 1. The van der Waals surface area contributed by atoms with E-state index >= 15 is 0 Å². The van der Waals surface area contributed by atoms with E-state index in [1.54, 1.807) is 0 Å². The van der Waals surface area contributed by atoms with Crippen LogP contribution in [0.3, 0.4) is 0 Å². The predicted molar refractivity (Wildman–Crippen MR) is 82.8 cm³/mol. The Morgan fingerprint density at radius 2 is 2.00 bits per heavy atom. The molecule has 0 fully saturated rings. The first-order valence-electron chi connectivity index (χ1n) is 6.82. The van der Waals surface area contributed by atoms with Crippen molar-refractivity contribution in [2.75, 3.05) is 18.2 Å². The van der Waals surface area contributed by atoms with Gasteiger partial charge in [0.25, 0.3) is 0 Å². The maximum absolute atomic E-state index is 14.3. The number of nitrogens with one attached hydrogen (secondary N) is 1. The molecule has 0 radical (unpaired) electrons. The fraction of sp³-hybridized carbons (Fsp3) is 0.154. The average Bonchev–Trinajstić information content (AvgIpc) is 2.92. The number of nitrogen functional groups attached to an aromatic ring is 1. The minimum Gasteiger partial charge on any atom is -0.494 e. The summed E-state index contributed by atoms with van der Waals surface area (Å²) in [5.41, 5.74) is 4.84. The first kappa shape index (κ1) is 16.3. The standard InChI is InChI=1S/C13H12F2N8O2/c1-22-13(24)23(21-20-22)9-4-8(6(14)3-10(9)25-2)18-12-17-5-7(15)11(16)19-12/h3-5H,1-2H3,(H3,16,17,18,19). The molecule has 25 heavy (non-hydrogen) atoms. The second-order valence-corrected chi connectivity index (χ2v) is 4.85. The van der Waals surface area contributed by atoms with E-state index in [0.717, 1.165) is 21.6 Å². The second-order valence-electron chi connectivity index (χ2n) is 4.85. The molecule has 12 heteroatoms. The number of ether oxygens (including phenoxy) is 1. The van der Waals surface area contributed by atoms with Crippen LogP contribution in [0.1, 0.15) is 0 Å². The van der Waals surface area contributed by atoms with Crippen molar-refractivity contribution in [1.82, 2.24) is 29.8 Å². The van der Waals surface area contributed by atoms with Gasteiger partial charge in [0.2, 0.25) is 5.95 Å². The number of anilines is 3. The number of methoxy groups -OCH3 is 1. The monoisotopic (exact) mass is 350 g/mol. The van der Waals surface area contributed by atoms with Crippen LogP contribution in [0.2, 0.25) is 0 Å². The summed E-state index contributed by atoms with van der Waals surface area (Å²) in [7, 11) is 2.73. The normalized spacial score (nSPS) is 10.7. The lowest BCUT2D eigenvalue weighted by Gasteiger charge is -2.12. The highest BCUT2D eigenvalue weighted by Gasteiger charge is 2.17. The molecular formula is C13H12F2N8O2. The quantitative estimate of drug-likeness (QED) is 0.691. The zero-order valence-corrected chi connectivity index (χ0v) is 13.1. The molecule has 130 valence electrons. The predicted octanol–water partition coefficient (Wildman–Crippen LogP) is 0.369. The molecule has 10 nitrogen and oxygen atoms in total. The van der Waals surface area contributed by atoms with Gasteiger partial charge in [-0.1, -0.05) is 0 Å². The van der Waals surface area contributed by atoms with Gasteiger partial charge in [0.1, 0.15) is 11.4 Å². The van der Waals surface area contributed by atoms with Crippen LogP contribution in [0.4, 0.5) is 26.2 Å². The molecule has 1 aromatic carbocycles. The molecule has 2 heterocycles. The van der Waals surface area contributed by atoms with Gasteiger partial charge in [-0.15, -0.1) is 0 Å². The van der Waals surface area contributed by atoms with Crippen molar-refractivity contribution in [2.45, 2.75) is 0 Å². The van der Waals surface area contributed by atoms with E-state index in [1.807, 2.05) is 0 Å². The third kappa shape index (κ3) is 2.96. The lowest BCUT2D eigenvalue weighted by molar-refractivity contribution is 0.407. The maximum atomic E-state index is 14.3. The van der Waals surface area contributed by atoms with Crippen molar-refractivity contribution in [2.24, 2.45) is 7.05 Å². The van der Waals surface area contributed by atoms with E-state index in [1.165, 1.54) is 20.2 Å². The van der Waals surface area contributed by atoms with Crippen molar-refractivity contribution < 1.29 is 13.5 Å². The van der Waals surface area contributed by atoms with Crippen LogP contribution in [0.25, 0.3) is 5.69 Å². The van der Waals surface area contributed by atoms with Gasteiger partial charge in [0.15, 0.2) is 17.5 Å². The first-order chi connectivity index (χ1) is 11.9. The van der Waals surface area contributed by atoms with E-state index in [2.05, 4.69) is 25.7 Å². The largest absolute Gasteiger partial charge is 0.494 e. The maximum Gasteiger partial charge on any atom is 0.368 e. The number of benzene rings is 1. The Morgan fingerprint density at radius 3 is 2.60 bits per heavy atom. The molecule has 3 rings (SSSR count). The smallest absolute Gasteiger partial charge is 0.368 e. The van der Waals surface area contributed by atoms with E-state index in [0.29, 0.717) is 0 Å². The van der Waals surface area contributed by atoms with Crippen LogP contribution in [-0.4, -0.2) is 36.9 Å². The SMILES string of the molecule is COc1cc(F)c(Nc2ncc(F)c(N)n2)cc1-n1nnn(C)c1=O. The Hall–Kier alpha value is -3.57. The zero-order chi connectivity index (χ0) is 18.1. The average molecular weight is 350 g/mol. The van der Waals surface area contributed by atoms with Gasteiger partial charge in [-0.25, -0.2) is 18.6 Å². The van der Waals surface area contributed by atoms with Gasteiger partial charge in [-0.3, -0.25) is 0 Å². The van der Waals surface area contributed by atoms with Crippen LogP contribution < -0.4 is 21.5 Å². The van der Waals surface area contributed by atoms with Crippen LogP contribution in [0.5, 0.6) is 5.75 Å². The van der Waals surface area contributed by atoms with E-state index < -0.39 is 23.1 Å². The molecule has 3 N–H and O–H groups in total. The molecule has 0 aliphatic rings. The Labute approximate surface area is 138 Å². The summed E-state index contributed by atoms with van der Waals surface area (Å²) in [4.78, 5) is 19.3. The van der Waals surface area contributed by atoms with Crippen LogP contribution in [0, 0.1) is 11.6 Å². The summed E-state index contributed by atoms with van der Waals surface area (Å²) in [6.45, 7) is 0. The van der Waals surface area contributed by atoms with Crippen LogP contribution in [0.15, 0.2) is 23.1 Å². The Kier molecular flexibility index (Phi) is 4.00. The molecule has 0 aliphatic carbocycles. The molecule has 0 atom stereocenters. The molecule has 0 bridgehead atoms. The van der Waals surface area contributed by atoms with Gasteiger partial charge in [0.05, 0.1) is 19.0 Å². The fourth-order valence-electron chi connectivity index (χ4n) is 1.99. The topological polar surface area (TPSA) is 126 Å². The van der Waals surface area contributed by atoms with Gasteiger partial charge < -0.3 is 15.8 Å². The molecule has 3 aromatic rings. The first-order valence-corrected chi connectivity index (χ1v) is 6.82. The van der Waals surface area contributed by atoms with Crippen molar-refractivity contribution >= 4 is 17.5 Å². The number of halogens is 2. The number of nitrogens with zero attached hydrogens (tertiary/aromatic N) is 6. The molecular weight excluding hydrogens is 338 g/mol. The molecule has 0 unspecified atom stereocenters. The minimum atomic E-state index is -0.799. The molecule has 0 saturated carbocycles. The van der Waals surface area contributed by atoms with E-state index in [9.17, 15) is 13.6 Å². The lowest BCUT2D eigenvalue weighted by atomic mass is 10.2. The van der Waals surface area contributed by atoms with E-state index in [4.69, 9.17) is 10.5 Å². The summed E-state index contributed by atoms with van der Waals surface area (Å²) in [5, 5.41) is 9.83. The number of aromatic nitrogens is 6. The number of hydrogen-bond donors (Lipinski definition) is 2. The van der Waals surface area contributed by atoms with E-state index in [-0.39, 0.29) is 23.1 Å². The molecule has 0 amide bonds. The summed E-state index contributed by atoms with van der Waals surface area (Å²) in [6.07, 6.45) is 0.847. The van der Waals surface area contributed by atoms with Crippen molar-refractivity contribution in [3.05, 3.63) is 40.4 Å². The highest BCUT2D eigenvalue weighted by atomic mass is 19.1. The summed E-state index contributed by atoms with van der Waals surface area (Å²) in [6, 6.07) is 2.30. The molecule has 2 aromatic heterocycles. The zero-order valence-electron chi connectivity index (χ0n) is 13.1. The number of rotatable bonds is 4. The highest BCUT2D eigenvalue weighted by Crippen LogP contribution is 2.29. The number of nitrogens with two attached hydrogens (primary N) is 1. The fourth-order valence-corrected chi connectivity index (χ4v) is 1.99. The number of hydrogen-bond acceptors (Lipinski definition) is 8. The summed E-state index contributed by atoms with van der Waals surface area (Å²) >= 11 is 0. The van der Waals surface area contributed by atoms with Crippen LogP contribution in [-0.2, 0) is 7.05 Å². The van der Waals surface area contributed by atoms with Crippen molar-refractivity contribution in [3.8, 4) is 11.4 Å². The molecule has 0 spiro atoms. The van der Waals surface area contributed by atoms with Crippen LogP contribution >= 0.6 is 0 Å². The summed E-state index contributed by atoms with van der Waals surface area (Å²) in [5.74, 6) is -1.97. The number of tetrazole rings is 1. The van der Waals surface area contributed by atoms with Gasteiger partial charge in [0, 0.05) is 13.1 Å². The molecule has 0 saturated heterocycles. The third-order valence-electron chi connectivity index (χ3n) is 3.24. The third-order valence-corrected chi connectivity index (χ3v) is 3.24. The Morgan fingerprint density at radius 1 is 1.24 bits per heavy atom. The lowest BCUT2D eigenvalue weighted by Crippen LogP contribution is -2.22. The Balaban J connectivity index is 2.08. The van der Waals surface area contributed by atoms with Crippen molar-refractivity contribution in [3.63, 3.8) is 0 Å². The van der Waals surface area contributed by atoms with Crippen molar-refractivity contribution in [1.29, 1.82) is 0 Å². The van der Waals surface area contributed by atoms with Gasteiger partial charge in [-0.05, 0) is 16.5 Å². The summed E-state index contributed by atoms with van der Waals surface area (Å²) < 4.78 is 34.4. The Bertz CT molecular complexity index is 1000. The van der Waals surface area contributed by atoms with Gasteiger partial charge >= 0.3 is 5.69 Å². The highest BCUT2D eigenvalue weighted by molar-refractivity contribution is 5.63.